The number of hydrogen-bond acceptors (Lipinski definition) is 4. The number of carbonyl (C=O) groups excluding carboxylic acids is 2. The average Bonchev–Trinajstić information content (AvgIpc) is 2.49. The Morgan fingerprint density at radius 2 is 1.67 bits per heavy atom. The van der Waals surface area contributed by atoms with E-state index in [0.29, 0.717) is 12.5 Å². The monoisotopic (exact) mass is 363 g/mol. The molecule has 1 aliphatic carbocycles. The van der Waals surface area contributed by atoms with E-state index >= 15 is 0 Å². The van der Waals surface area contributed by atoms with Crippen LogP contribution >= 0.6 is 12.4 Å². The molecule has 7 nitrogen and oxygen atoms in total. The number of amides is 2. The molecular formula is C16H30ClN3O4. The summed E-state index contributed by atoms with van der Waals surface area (Å²) >= 11 is 0. The van der Waals surface area contributed by atoms with Crippen molar-refractivity contribution < 1.29 is 19.5 Å². The first kappa shape index (κ1) is 22.7. The van der Waals surface area contributed by atoms with Crippen molar-refractivity contribution in [3.63, 3.8) is 0 Å². The summed E-state index contributed by atoms with van der Waals surface area (Å²) < 4.78 is 0. The molecule has 1 aliphatic rings. The second-order valence-corrected chi connectivity index (χ2v) is 6.82. The zero-order valence-corrected chi connectivity index (χ0v) is 15.4. The summed E-state index contributed by atoms with van der Waals surface area (Å²) in [4.78, 5) is 34.8. The van der Waals surface area contributed by atoms with Crippen molar-refractivity contribution in [2.45, 2.75) is 58.5 Å². The van der Waals surface area contributed by atoms with Crippen LogP contribution in [-0.4, -0.2) is 41.5 Å². The standard InChI is InChI=1S/C16H29N3O4.ClH/c1-9(2)13(16(22)23)19-15(21)12-6-4-11(5-7-12)8-18-14(20)10(3)17;/h9-13H,4-8,17H2,1-3H3,(H,18,20)(H,19,21)(H,22,23);1H. The lowest BCUT2D eigenvalue weighted by molar-refractivity contribution is -0.144. The SMILES string of the molecule is CC(N)C(=O)NCC1CCC(C(=O)NC(C(=O)O)C(C)C)CC1.Cl. The van der Waals surface area contributed by atoms with Crippen molar-refractivity contribution in [3.8, 4) is 0 Å². The highest BCUT2D eigenvalue weighted by Gasteiger charge is 2.30. The minimum absolute atomic E-state index is 0. The summed E-state index contributed by atoms with van der Waals surface area (Å²) in [5.74, 6) is -1.28. The van der Waals surface area contributed by atoms with Gasteiger partial charge in [-0.25, -0.2) is 4.79 Å². The predicted octanol–water partition coefficient (Wildman–Crippen LogP) is 0.903. The van der Waals surface area contributed by atoms with Crippen molar-refractivity contribution in [1.29, 1.82) is 0 Å². The van der Waals surface area contributed by atoms with Gasteiger partial charge in [-0.3, -0.25) is 9.59 Å². The number of nitrogens with one attached hydrogen (secondary N) is 2. The van der Waals surface area contributed by atoms with Crippen LogP contribution in [0.3, 0.4) is 0 Å². The minimum Gasteiger partial charge on any atom is -0.480 e. The van der Waals surface area contributed by atoms with E-state index in [1.807, 2.05) is 0 Å². The maximum atomic E-state index is 12.2. The van der Waals surface area contributed by atoms with Gasteiger partial charge in [0.25, 0.3) is 0 Å². The van der Waals surface area contributed by atoms with Crippen LogP contribution in [0.15, 0.2) is 0 Å². The van der Waals surface area contributed by atoms with Crippen LogP contribution in [0, 0.1) is 17.8 Å². The zero-order valence-electron chi connectivity index (χ0n) is 14.6. The molecule has 0 aromatic rings. The van der Waals surface area contributed by atoms with Crippen molar-refractivity contribution in [3.05, 3.63) is 0 Å². The highest BCUT2D eigenvalue weighted by atomic mass is 35.5. The molecule has 24 heavy (non-hydrogen) atoms. The van der Waals surface area contributed by atoms with Crippen molar-refractivity contribution >= 4 is 30.2 Å². The second-order valence-electron chi connectivity index (χ2n) is 6.82. The van der Waals surface area contributed by atoms with Gasteiger partial charge in [-0.2, -0.15) is 0 Å². The topological polar surface area (TPSA) is 122 Å². The van der Waals surface area contributed by atoms with Gasteiger partial charge in [0.15, 0.2) is 0 Å². The number of carboxylic acids is 1. The van der Waals surface area contributed by atoms with Crippen molar-refractivity contribution in [2.75, 3.05) is 6.54 Å². The number of carboxylic acid groups (broad SMARTS) is 1. The third kappa shape index (κ3) is 7.05. The Morgan fingerprint density at radius 3 is 2.08 bits per heavy atom. The fraction of sp³-hybridized carbons (Fsp3) is 0.812. The van der Waals surface area contributed by atoms with Crippen LogP contribution in [0.1, 0.15) is 46.5 Å². The Hall–Kier alpha value is -1.34. The molecule has 2 atom stereocenters. The number of carbonyl (C=O) groups is 3. The minimum atomic E-state index is -0.999. The lowest BCUT2D eigenvalue weighted by Gasteiger charge is -2.29. The predicted molar refractivity (Wildman–Crippen MR) is 93.8 cm³/mol. The summed E-state index contributed by atoms with van der Waals surface area (Å²) in [6.45, 7) is 5.77. The fourth-order valence-electron chi connectivity index (χ4n) is 2.82. The first-order chi connectivity index (χ1) is 10.7. The van der Waals surface area contributed by atoms with Gasteiger partial charge in [-0.15, -0.1) is 12.4 Å². The summed E-state index contributed by atoms with van der Waals surface area (Å²) in [7, 11) is 0. The Bertz CT molecular complexity index is 435. The van der Waals surface area contributed by atoms with E-state index in [4.69, 9.17) is 10.8 Å². The summed E-state index contributed by atoms with van der Waals surface area (Å²) in [6, 6.07) is -1.35. The third-order valence-corrected chi connectivity index (χ3v) is 4.43. The van der Waals surface area contributed by atoms with Crippen molar-refractivity contribution in [1.82, 2.24) is 10.6 Å². The normalized spacial score (nSPS) is 22.9. The molecule has 1 saturated carbocycles. The molecule has 0 bridgehead atoms. The maximum Gasteiger partial charge on any atom is 0.326 e. The number of nitrogens with two attached hydrogens (primary N) is 1. The van der Waals surface area contributed by atoms with Gasteiger partial charge in [0.1, 0.15) is 6.04 Å². The molecule has 2 unspecified atom stereocenters. The van der Waals surface area contributed by atoms with Gasteiger partial charge >= 0.3 is 5.97 Å². The van der Waals surface area contributed by atoms with Crippen LogP contribution in [0.5, 0.6) is 0 Å². The van der Waals surface area contributed by atoms with Crippen LogP contribution < -0.4 is 16.4 Å². The fourth-order valence-corrected chi connectivity index (χ4v) is 2.82. The van der Waals surface area contributed by atoms with Crippen LogP contribution in [0.25, 0.3) is 0 Å². The van der Waals surface area contributed by atoms with Gasteiger partial charge < -0.3 is 21.5 Å². The molecule has 2 amide bonds. The Labute approximate surface area is 149 Å². The first-order valence-corrected chi connectivity index (χ1v) is 8.28. The second kappa shape index (κ2) is 10.5. The highest BCUT2D eigenvalue weighted by Crippen LogP contribution is 2.28. The van der Waals surface area contributed by atoms with Crippen LogP contribution in [-0.2, 0) is 14.4 Å². The molecule has 0 heterocycles. The molecule has 0 saturated heterocycles. The molecule has 0 aliphatic heterocycles. The molecular weight excluding hydrogens is 334 g/mol. The van der Waals surface area contributed by atoms with E-state index in [0.717, 1.165) is 25.7 Å². The van der Waals surface area contributed by atoms with Gasteiger partial charge in [-0.05, 0) is 44.4 Å². The molecule has 1 fully saturated rings. The summed E-state index contributed by atoms with van der Waals surface area (Å²) in [6.07, 6.45) is 3.12. The molecule has 140 valence electrons. The molecule has 0 spiro atoms. The molecule has 1 rings (SSSR count). The van der Waals surface area contributed by atoms with Gasteiger partial charge in [-0.1, -0.05) is 13.8 Å². The smallest absolute Gasteiger partial charge is 0.326 e. The number of rotatable bonds is 7. The summed E-state index contributed by atoms with van der Waals surface area (Å²) in [5.41, 5.74) is 5.50. The van der Waals surface area contributed by atoms with Crippen LogP contribution in [0.2, 0.25) is 0 Å². The largest absolute Gasteiger partial charge is 0.480 e. The lowest BCUT2D eigenvalue weighted by Crippen LogP contribution is -2.47. The van der Waals surface area contributed by atoms with Gasteiger partial charge in [0.05, 0.1) is 6.04 Å². The highest BCUT2D eigenvalue weighted by molar-refractivity contribution is 5.85. The third-order valence-electron chi connectivity index (χ3n) is 4.43. The zero-order chi connectivity index (χ0) is 17.6. The lowest BCUT2D eigenvalue weighted by atomic mass is 9.81. The Kier molecular flexibility index (Phi) is 9.92. The van der Waals surface area contributed by atoms with E-state index in [9.17, 15) is 14.4 Å². The van der Waals surface area contributed by atoms with Crippen LogP contribution in [0.4, 0.5) is 0 Å². The maximum absolute atomic E-state index is 12.2. The van der Waals surface area contributed by atoms with E-state index in [1.165, 1.54) is 0 Å². The quantitative estimate of drug-likeness (QED) is 0.535. The van der Waals surface area contributed by atoms with E-state index in [2.05, 4.69) is 10.6 Å². The molecule has 8 heteroatoms. The average molecular weight is 364 g/mol. The summed E-state index contributed by atoms with van der Waals surface area (Å²) in [5, 5.41) is 14.6. The van der Waals surface area contributed by atoms with Gasteiger partial charge in [0, 0.05) is 12.5 Å². The Morgan fingerprint density at radius 1 is 1.12 bits per heavy atom. The number of hydrogen-bond donors (Lipinski definition) is 4. The number of halogens is 1. The first-order valence-electron chi connectivity index (χ1n) is 8.28. The van der Waals surface area contributed by atoms with E-state index in [-0.39, 0.29) is 36.1 Å². The molecule has 0 radical (unpaired) electrons. The molecule has 5 N–H and O–H groups in total. The molecule has 0 aromatic carbocycles. The van der Waals surface area contributed by atoms with Gasteiger partial charge in [0.2, 0.25) is 11.8 Å². The van der Waals surface area contributed by atoms with E-state index in [1.54, 1.807) is 20.8 Å². The van der Waals surface area contributed by atoms with Crippen molar-refractivity contribution in [2.24, 2.45) is 23.5 Å². The number of aliphatic carboxylic acids is 1. The molecule has 0 aromatic heterocycles. The van der Waals surface area contributed by atoms with E-state index < -0.39 is 18.1 Å². The Balaban J connectivity index is 0.00000529.